The summed E-state index contributed by atoms with van der Waals surface area (Å²) in [4.78, 5) is 34.6. The van der Waals surface area contributed by atoms with E-state index in [1.807, 2.05) is 35.2 Å². The molecule has 0 radical (unpaired) electrons. The number of aromatic nitrogens is 2. The number of methoxy groups -OCH3 is 1. The standard InChI is InChI=1S/C26H28N4O5/c1-3-34-26(32)18-6-11-24(28-14-18)29-20-8-10-23(19(13-20)16-30-12-4-5-25(30)31)35-22-9-7-21(17-33-2)27-15-22/h6-11,13-15H,3-5,12,16-17H2,1-2H3,(H,28,29). The van der Waals surface area contributed by atoms with Crippen LogP contribution in [0.1, 0.15) is 41.4 Å². The fourth-order valence-electron chi connectivity index (χ4n) is 3.74. The first-order chi connectivity index (χ1) is 17.1. The van der Waals surface area contributed by atoms with E-state index in [4.69, 9.17) is 14.2 Å². The van der Waals surface area contributed by atoms with Crippen molar-refractivity contribution in [3.05, 3.63) is 71.7 Å². The lowest BCUT2D eigenvalue weighted by Gasteiger charge is -2.19. The molecule has 3 heterocycles. The van der Waals surface area contributed by atoms with E-state index in [9.17, 15) is 9.59 Å². The molecule has 0 bridgehead atoms. The monoisotopic (exact) mass is 476 g/mol. The van der Waals surface area contributed by atoms with Crippen molar-refractivity contribution in [2.75, 3.05) is 25.6 Å². The van der Waals surface area contributed by atoms with Gasteiger partial charge in [-0.25, -0.2) is 9.78 Å². The Hall–Kier alpha value is -3.98. The van der Waals surface area contributed by atoms with E-state index < -0.39 is 5.97 Å². The molecule has 35 heavy (non-hydrogen) atoms. The van der Waals surface area contributed by atoms with Crippen LogP contribution in [0.2, 0.25) is 0 Å². The van der Waals surface area contributed by atoms with Crippen LogP contribution in [0.25, 0.3) is 0 Å². The SMILES string of the molecule is CCOC(=O)c1ccc(Nc2ccc(Oc3ccc(COC)nc3)c(CN3CCCC3=O)c2)nc1. The highest BCUT2D eigenvalue weighted by Gasteiger charge is 2.22. The zero-order valence-corrected chi connectivity index (χ0v) is 19.8. The van der Waals surface area contributed by atoms with Gasteiger partial charge in [0.1, 0.15) is 17.3 Å². The number of likely N-dealkylation sites (tertiary alicyclic amines) is 1. The topological polar surface area (TPSA) is 103 Å². The summed E-state index contributed by atoms with van der Waals surface area (Å²) in [6, 6.07) is 12.7. The predicted octanol–water partition coefficient (Wildman–Crippen LogP) is 4.46. The van der Waals surface area contributed by atoms with Crippen LogP contribution in [0.15, 0.2) is 54.9 Å². The van der Waals surface area contributed by atoms with Gasteiger partial charge in [-0.2, -0.15) is 0 Å². The fourth-order valence-corrected chi connectivity index (χ4v) is 3.74. The average molecular weight is 477 g/mol. The minimum absolute atomic E-state index is 0.135. The van der Waals surface area contributed by atoms with Gasteiger partial charge in [0.2, 0.25) is 5.91 Å². The average Bonchev–Trinajstić information content (AvgIpc) is 3.27. The van der Waals surface area contributed by atoms with Gasteiger partial charge < -0.3 is 24.4 Å². The van der Waals surface area contributed by atoms with Gasteiger partial charge in [-0.15, -0.1) is 0 Å². The first-order valence-electron chi connectivity index (χ1n) is 11.5. The van der Waals surface area contributed by atoms with Gasteiger partial charge in [0.25, 0.3) is 0 Å². The molecule has 1 aliphatic rings. The maximum Gasteiger partial charge on any atom is 0.339 e. The number of amides is 1. The highest BCUT2D eigenvalue weighted by molar-refractivity contribution is 5.89. The molecule has 1 aromatic carbocycles. The lowest BCUT2D eigenvalue weighted by molar-refractivity contribution is -0.128. The number of nitrogens with one attached hydrogen (secondary N) is 1. The van der Waals surface area contributed by atoms with Gasteiger partial charge in [0.05, 0.1) is 30.7 Å². The molecule has 1 fully saturated rings. The van der Waals surface area contributed by atoms with Crippen molar-refractivity contribution < 1.29 is 23.8 Å². The molecule has 9 heteroatoms. The van der Waals surface area contributed by atoms with E-state index in [0.717, 1.165) is 29.9 Å². The van der Waals surface area contributed by atoms with Gasteiger partial charge in [-0.3, -0.25) is 9.78 Å². The highest BCUT2D eigenvalue weighted by atomic mass is 16.5. The first-order valence-corrected chi connectivity index (χ1v) is 11.5. The van der Waals surface area contributed by atoms with E-state index in [1.54, 1.807) is 32.4 Å². The second kappa shape index (κ2) is 11.4. The Balaban J connectivity index is 1.54. The maximum atomic E-state index is 12.3. The molecule has 3 aromatic rings. The third-order valence-electron chi connectivity index (χ3n) is 5.46. The number of hydrogen-bond donors (Lipinski definition) is 1. The first kappa shape index (κ1) is 24.2. The Morgan fingerprint density at radius 2 is 2.00 bits per heavy atom. The molecule has 0 aliphatic carbocycles. The van der Waals surface area contributed by atoms with Crippen LogP contribution in [0.3, 0.4) is 0 Å². The molecule has 182 valence electrons. The largest absolute Gasteiger partial charge is 0.462 e. The number of pyridine rings is 2. The third-order valence-corrected chi connectivity index (χ3v) is 5.46. The van der Waals surface area contributed by atoms with E-state index >= 15 is 0 Å². The predicted molar refractivity (Wildman–Crippen MR) is 130 cm³/mol. The van der Waals surface area contributed by atoms with Crippen LogP contribution in [0, 0.1) is 0 Å². The molecule has 0 spiro atoms. The Morgan fingerprint density at radius 1 is 1.11 bits per heavy atom. The molecule has 9 nitrogen and oxygen atoms in total. The lowest BCUT2D eigenvalue weighted by Crippen LogP contribution is -2.24. The summed E-state index contributed by atoms with van der Waals surface area (Å²) in [5.41, 5.74) is 2.83. The number of esters is 1. The molecule has 1 saturated heterocycles. The van der Waals surface area contributed by atoms with Gasteiger partial charge in [-0.05, 0) is 55.8 Å². The Kier molecular flexibility index (Phi) is 7.89. The van der Waals surface area contributed by atoms with E-state index in [-0.39, 0.29) is 5.91 Å². The molecule has 1 amide bonds. The number of anilines is 2. The quantitative estimate of drug-likeness (QED) is 0.428. The van der Waals surface area contributed by atoms with Crippen molar-refractivity contribution in [3.63, 3.8) is 0 Å². The summed E-state index contributed by atoms with van der Waals surface area (Å²) in [6.07, 6.45) is 4.55. The molecule has 0 atom stereocenters. The van der Waals surface area contributed by atoms with Crippen LogP contribution in [0.5, 0.6) is 11.5 Å². The molecule has 4 rings (SSSR count). The Bertz CT molecular complexity index is 1170. The van der Waals surface area contributed by atoms with Crippen LogP contribution >= 0.6 is 0 Å². The van der Waals surface area contributed by atoms with Gasteiger partial charge in [0, 0.05) is 44.1 Å². The molecule has 2 aromatic heterocycles. The second-order valence-corrected chi connectivity index (χ2v) is 8.04. The van der Waals surface area contributed by atoms with Gasteiger partial charge in [-0.1, -0.05) is 0 Å². The summed E-state index contributed by atoms with van der Waals surface area (Å²) in [5, 5.41) is 3.24. The van der Waals surface area contributed by atoms with Crippen molar-refractivity contribution in [1.29, 1.82) is 0 Å². The smallest absolute Gasteiger partial charge is 0.339 e. The maximum absolute atomic E-state index is 12.3. The number of benzene rings is 1. The Labute approximate surface area is 204 Å². The van der Waals surface area contributed by atoms with Crippen LogP contribution < -0.4 is 10.1 Å². The molecule has 0 unspecified atom stereocenters. The van der Waals surface area contributed by atoms with Crippen LogP contribution in [0.4, 0.5) is 11.5 Å². The summed E-state index contributed by atoms with van der Waals surface area (Å²) < 4.78 is 16.2. The number of carbonyl (C=O) groups is 2. The Morgan fingerprint density at radius 3 is 2.66 bits per heavy atom. The van der Waals surface area contributed by atoms with E-state index in [0.29, 0.717) is 49.1 Å². The van der Waals surface area contributed by atoms with E-state index in [2.05, 4.69) is 15.3 Å². The van der Waals surface area contributed by atoms with Crippen molar-refractivity contribution in [3.8, 4) is 11.5 Å². The third kappa shape index (κ3) is 6.33. The summed E-state index contributed by atoms with van der Waals surface area (Å²) >= 11 is 0. The fraction of sp³-hybridized carbons (Fsp3) is 0.308. The molecule has 0 saturated carbocycles. The zero-order chi connectivity index (χ0) is 24.6. The second-order valence-electron chi connectivity index (χ2n) is 8.04. The van der Waals surface area contributed by atoms with Gasteiger partial charge in [0.15, 0.2) is 0 Å². The number of carbonyl (C=O) groups excluding carboxylic acids is 2. The number of hydrogen-bond acceptors (Lipinski definition) is 8. The highest BCUT2D eigenvalue weighted by Crippen LogP contribution is 2.31. The summed E-state index contributed by atoms with van der Waals surface area (Å²) in [6.45, 7) is 3.66. The zero-order valence-electron chi connectivity index (χ0n) is 19.8. The number of ether oxygens (including phenoxy) is 3. The number of nitrogens with zero attached hydrogens (tertiary/aromatic N) is 3. The van der Waals surface area contributed by atoms with Crippen LogP contribution in [-0.2, 0) is 27.4 Å². The van der Waals surface area contributed by atoms with Crippen molar-refractivity contribution >= 4 is 23.4 Å². The molecule has 1 N–H and O–H groups in total. The van der Waals surface area contributed by atoms with Crippen molar-refractivity contribution in [1.82, 2.24) is 14.9 Å². The lowest BCUT2D eigenvalue weighted by atomic mass is 10.1. The number of rotatable bonds is 10. The molecule has 1 aliphatic heterocycles. The van der Waals surface area contributed by atoms with Gasteiger partial charge >= 0.3 is 5.97 Å². The van der Waals surface area contributed by atoms with E-state index in [1.165, 1.54) is 6.20 Å². The minimum Gasteiger partial charge on any atom is -0.462 e. The van der Waals surface area contributed by atoms with Crippen LogP contribution in [-0.4, -0.2) is 47.0 Å². The minimum atomic E-state index is -0.407. The van der Waals surface area contributed by atoms with Crippen molar-refractivity contribution in [2.24, 2.45) is 0 Å². The summed E-state index contributed by atoms with van der Waals surface area (Å²) in [7, 11) is 1.62. The normalized spacial score (nSPS) is 13.1. The molecular formula is C26H28N4O5. The summed E-state index contributed by atoms with van der Waals surface area (Å²) in [5.74, 6) is 1.54. The molecular weight excluding hydrogens is 448 g/mol. The van der Waals surface area contributed by atoms with Crippen molar-refractivity contribution in [2.45, 2.75) is 32.9 Å².